The monoisotopic (exact) mass is 377 g/mol. The summed E-state index contributed by atoms with van der Waals surface area (Å²) in [5, 5.41) is 7.02. The predicted octanol–water partition coefficient (Wildman–Crippen LogP) is 2.67. The highest BCUT2D eigenvalue weighted by Crippen LogP contribution is 2.17. The van der Waals surface area contributed by atoms with E-state index in [0.717, 1.165) is 11.3 Å². The van der Waals surface area contributed by atoms with Gasteiger partial charge >= 0.3 is 0 Å². The number of carbonyl (C=O) groups excluding carboxylic acids is 1. The Morgan fingerprint density at radius 1 is 1.14 bits per heavy atom. The summed E-state index contributed by atoms with van der Waals surface area (Å²) < 4.78 is 16.4. The maximum Gasteiger partial charge on any atom is 0.264 e. The van der Waals surface area contributed by atoms with E-state index >= 15 is 0 Å². The van der Waals surface area contributed by atoms with Crippen molar-refractivity contribution < 1.29 is 9.18 Å². The Bertz CT molecular complexity index is 1240. The van der Waals surface area contributed by atoms with Crippen molar-refractivity contribution in [3.63, 3.8) is 0 Å². The normalized spacial score (nSPS) is 10.9. The van der Waals surface area contributed by atoms with E-state index in [1.54, 1.807) is 10.7 Å². The van der Waals surface area contributed by atoms with Crippen LogP contribution in [0.2, 0.25) is 0 Å². The topological polar surface area (TPSA) is 81.8 Å². The molecule has 8 heteroatoms. The third-order valence-electron chi connectivity index (χ3n) is 4.36. The molecule has 4 aromatic rings. The van der Waals surface area contributed by atoms with Crippen LogP contribution < -0.4 is 10.9 Å². The molecular weight excluding hydrogens is 361 g/mol. The molecule has 0 radical (unpaired) electrons. The van der Waals surface area contributed by atoms with Gasteiger partial charge in [0, 0.05) is 0 Å². The number of nitrogens with one attached hydrogen (secondary N) is 1. The average Bonchev–Trinajstić information content (AvgIpc) is 3.11. The highest BCUT2D eigenvalue weighted by molar-refractivity contribution is 5.90. The largest absolute Gasteiger partial charge is 0.322 e. The van der Waals surface area contributed by atoms with Gasteiger partial charge in [-0.05, 0) is 30.7 Å². The van der Waals surface area contributed by atoms with Gasteiger partial charge in [-0.1, -0.05) is 30.3 Å². The molecule has 28 heavy (non-hydrogen) atoms. The number of amides is 1. The van der Waals surface area contributed by atoms with Crippen molar-refractivity contribution >= 4 is 22.6 Å². The van der Waals surface area contributed by atoms with E-state index in [1.807, 2.05) is 31.2 Å². The van der Waals surface area contributed by atoms with Crippen molar-refractivity contribution in [2.24, 2.45) is 0 Å². The summed E-state index contributed by atoms with van der Waals surface area (Å²) in [5.74, 6) is -1.07. The van der Waals surface area contributed by atoms with E-state index in [9.17, 15) is 14.0 Å². The van der Waals surface area contributed by atoms with E-state index in [4.69, 9.17) is 0 Å². The number of benzene rings is 2. The first-order valence-electron chi connectivity index (χ1n) is 8.58. The Hall–Kier alpha value is -3.81. The molecule has 2 aromatic carbocycles. The molecule has 0 fully saturated rings. The molecule has 0 saturated carbocycles. The van der Waals surface area contributed by atoms with E-state index in [1.165, 1.54) is 35.3 Å². The number of fused-ring (bicyclic) bond motifs is 1. The van der Waals surface area contributed by atoms with Crippen molar-refractivity contribution in [1.29, 1.82) is 0 Å². The molecule has 1 N–H and O–H groups in total. The molecule has 0 unspecified atom stereocenters. The molecule has 0 atom stereocenters. The summed E-state index contributed by atoms with van der Waals surface area (Å²) in [6, 6.07) is 13.5. The van der Waals surface area contributed by atoms with Crippen LogP contribution in [0.1, 0.15) is 5.56 Å². The van der Waals surface area contributed by atoms with E-state index in [0.29, 0.717) is 11.0 Å². The minimum absolute atomic E-state index is 0.0574. The Morgan fingerprint density at radius 3 is 2.68 bits per heavy atom. The van der Waals surface area contributed by atoms with Gasteiger partial charge in [-0.2, -0.15) is 5.10 Å². The second-order valence-corrected chi connectivity index (χ2v) is 6.29. The zero-order chi connectivity index (χ0) is 19.7. The number of rotatable bonds is 4. The molecule has 0 bridgehead atoms. The molecule has 0 aliphatic carbocycles. The summed E-state index contributed by atoms with van der Waals surface area (Å²) in [6.45, 7) is 1.66. The van der Waals surface area contributed by atoms with Crippen molar-refractivity contribution in [2.75, 3.05) is 5.32 Å². The SMILES string of the molecule is Cc1ccccc1-n1ncc2c(=O)n(CC(=O)Nc3ccccc3F)cnc21. The van der Waals surface area contributed by atoms with Crippen molar-refractivity contribution in [2.45, 2.75) is 13.5 Å². The first-order valence-corrected chi connectivity index (χ1v) is 8.58. The fraction of sp³-hybridized carbons (Fsp3) is 0.100. The molecule has 4 rings (SSSR count). The van der Waals surface area contributed by atoms with Gasteiger partial charge in [0.05, 0.1) is 17.6 Å². The van der Waals surface area contributed by atoms with Gasteiger partial charge in [0.1, 0.15) is 24.1 Å². The second-order valence-electron chi connectivity index (χ2n) is 6.29. The summed E-state index contributed by atoms with van der Waals surface area (Å²) in [6.07, 6.45) is 2.73. The van der Waals surface area contributed by atoms with Crippen LogP contribution in [-0.2, 0) is 11.3 Å². The number of para-hydroxylation sites is 2. The Morgan fingerprint density at radius 2 is 1.89 bits per heavy atom. The predicted molar refractivity (Wildman–Crippen MR) is 103 cm³/mol. The van der Waals surface area contributed by atoms with Crippen LogP contribution in [0.15, 0.2) is 65.8 Å². The fourth-order valence-electron chi connectivity index (χ4n) is 2.95. The first kappa shape index (κ1) is 17.6. The highest BCUT2D eigenvalue weighted by atomic mass is 19.1. The average molecular weight is 377 g/mol. The lowest BCUT2D eigenvalue weighted by Crippen LogP contribution is -2.28. The molecule has 0 spiro atoms. The van der Waals surface area contributed by atoms with Crippen LogP contribution in [0, 0.1) is 12.7 Å². The minimum Gasteiger partial charge on any atom is -0.322 e. The Kier molecular flexibility index (Phi) is 4.44. The summed E-state index contributed by atoms with van der Waals surface area (Å²) in [4.78, 5) is 29.2. The number of nitrogens with zero attached hydrogens (tertiary/aromatic N) is 4. The number of aryl methyl sites for hydroxylation is 1. The third kappa shape index (κ3) is 3.16. The van der Waals surface area contributed by atoms with Gasteiger partial charge in [-0.15, -0.1) is 0 Å². The number of carbonyl (C=O) groups is 1. The van der Waals surface area contributed by atoms with Crippen molar-refractivity contribution in [3.8, 4) is 5.69 Å². The number of anilines is 1. The molecule has 2 heterocycles. The number of halogens is 1. The van der Waals surface area contributed by atoms with Gasteiger partial charge < -0.3 is 5.32 Å². The van der Waals surface area contributed by atoms with Crippen LogP contribution in [0.3, 0.4) is 0 Å². The molecule has 7 nitrogen and oxygen atoms in total. The van der Waals surface area contributed by atoms with Gasteiger partial charge in [-0.3, -0.25) is 14.2 Å². The van der Waals surface area contributed by atoms with Crippen LogP contribution in [0.5, 0.6) is 0 Å². The second kappa shape index (κ2) is 7.07. The molecule has 0 saturated heterocycles. The smallest absolute Gasteiger partial charge is 0.264 e. The molecule has 2 aromatic heterocycles. The number of hydrogen-bond acceptors (Lipinski definition) is 4. The molecular formula is C20H16FN5O2. The summed E-state index contributed by atoms with van der Waals surface area (Å²) in [5.41, 5.74) is 1.88. The van der Waals surface area contributed by atoms with Gasteiger partial charge in [0.2, 0.25) is 5.91 Å². The van der Waals surface area contributed by atoms with Gasteiger partial charge in [0.25, 0.3) is 5.56 Å². The van der Waals surface area contributed by atoms with E-state index in [-0.39, 0.29) is 12.2 Å². The van der Waals surface area contributed by atoms with Gasteiger partial charge in [-0.25, -0.2) is 14.1 Å². The third-order valence-corrected chi connectivity index (χ3v) is 4.36. The zero-order valence-electron chi connectivity index (χ0n) is 15.0. The van der Waals surface area contributed by atoms with Crippen LogP contribution in [-0.4, -0.2) is 25.2 Å². The molecule has 1 amide bonds. The Balaban J connectivity index is 1.64. The van der Waals surface area contributed by atoms with E-state index in [2.05, 4.69) is 15.4 Å². The van der Waals surface area contributed by atoms with Crippen molar-refractivity contribution in [1.82, 2.24) is 19.3 Å². The Labute approximate surface area is 159 Å². The fourth-order valence-corrected chi connectivity index (χ4v) is 2.95. The summed E-state index contributed by atoms with van der Waals surface area (Å²) >= 11 is 0. The van der Waals surface area contributed by atoms with Crippen LogP contribution in [0.25, 0.3) is 16.7 Å². The van der Waals surface area contributed by atoms with Crippen molar-refractivity contribution in [3.05, 3.63) is 82.8 Å². The first-order chi connectivity index (χ1) is 13.5. The molecule has 0 aliphatic rings. The van der Waals surface area contributed by atoms with Crippen LogP contribution in [0.4, 0.5) is 10.1 Å². The quantitative estimate of drug-likeness (QED) is 0.593. The van der Waals surface area contributed by atoms with E-state index < -0.39 is 17.3 Å². The standard InChI is InChI=1S/C20H16FN5O2/c1-13-6-2-5-9-17(13)26-19-14(10-23-26)20(28)25(12-22-19)11-18(27)24-16-8-4-3-7-15(16)21/h2-10,12H,11H2,1H3,(H,24,27). The molecule has 0 aliphatic heterocycles. The maximum atomic E-state index is 13.7. The highest BCUT2D eigenvalue weighted by Gasteiger charge is 2.14. The number of aromatic nitrogens is 4. The lowest BCUT2D eigenvalue weighted by molar-refractivity contribution is -0.116. The lowest BCUT2D eigenvalue weighted by atomic mass is 10.2. The lowest BCUT2D eigenvalue weighted by Gasteiger charge is -2.09. The van der Waals surface area contributed by atoms with Gasteiger partial charge in [0.15, 0.2) is 5.65 Å². The maximum absolute atomic E-state index is 13.7. The zero-order valence-corrected chi connectivity index (χ0v) is 15.0. The minimum atomic E-state index is -0.545. The summed E-state index contributed by atoms with van der Waals surface area (Å²) in [7, 11) is 0. The van der Waals surface area contributed by atoms with Crippen LogP contribution >= 0.6 is 0 Å². The molecule has 140 valence electrons. The number of hydrogen-bond donors (Lipinski definition) is 1.